The van der Waals surface area contributed by atoms with Crippen LogP contribution in [0.3, 0.4) is 0 Å². The molecule has 0 spiro atoms. The highest BCUT2D eigenvalue weighted by molar-refractivity contribution is 6.04. The fraction of sp³-hybridized carbons (Fsp3) is 0.167. The second kappa shape index (κ2) is 6.20. The number of hydrogen-bond acceptors (Lipinski definition) is 2. The quantitative estimate of drug-likeness (QED) is 0.655. The number of allylic oxidation sites excluding steroid dienone is 1. The highest BCUT2D eigenvalue weighted by atomic mass is 16.1. The van der Waals surface area contributed by atoms with Crippen molar-refractivity contribution in [2.45, 2.75) is 20.8 Å². The van der Waals surface area contributed by atoms with Gasteiger partial charge in [-0.05, 0) is 38.0 Å². The molecule has 2 aromatic carbocycles. The zero-order valence-electron chi connectivity index (χ0n) is 12.1. The van der Waals surface area contributed by atoms with E-state index in [4.69, 9.17) is 0 Å². The Labute approximate surface area is 120 Å². The zero-order valence-corrected chi connectivity index (χ0v) is 12.1. The zero-order chi connectivity index (χ0) is 14.5. The van der Waals surface area contributed by atoms with Crippen LogP contribution in [0.4, 0.5) is 5.69 Å². The van der Waals surface area contributed by atoms with Gasteiger partial charge in [0.15, 0.2) is 5.78 Å². The van der Waals surface area contributed by atoms with Crippen LogP contribution in [0.1, 0.15) is 27.0 Å². The Bertz CT molecular complexity index is 639. The van der Waals surface area contributed by atoms with Crippen molar-refractivity contribution in [3.05, 3.63) is 77.0 Å². The average Bonchev–Trinajstić information content (AvgIpc) is 2.43. The first-order chi connectivity index (χ1) is 9.56. The number of rotatable bonds is 4. The molecule has 0 unspecified atom stereocenters. The highest BCUT2D eigenvalue weighted by Crippen LogP contribution is 2.16. The molecule has 2 rings (SSSR count). The average molecular weight is 265 g/mol. The topological polar surface area (TPSA) is 29.1 Å². The van der Waals surface area contributed by atoms with Gasteiger partial charge >= 0.3 is 0 Å². The van der Waals surface area contributed by atoms with Gasteiger partial charge in [0.05, 0.1) is 0 Å². The van der Waals surface area contributed by atoms with E-state index in [0.29, 0.717) is 5.56 Å². The Balaban J connectivity index is 2.04. The van der Waals surface area contributed by atoms with Crippen LogP contribution < -0.4 is 5.32 Å². The molecule has 1 N–H and O–H groups in total. The van der Waals surface area contributed by atoms with Gasteiger partial charge in [0.1, 0.15) is 0 Å². The van der Waals surface area contributed by atoms with Crippen LogP contribution in [0, 0.1) is 20.8 Å². The first kappa shape index (κ1) is 14.1. The van der Waals surface area contributed by atoms with Crippen LogP contribution in [0.25, 0.3) is 0 Å². The summed E-state index contributed by atoms with van der Waals surface area (Å²) in [6, 6.07) is 13.8. The SMILES string of the molecule is Cc1ccc(C(=O)/C=C/Nc2cc(C)ccc2C)cc1. The molecule has 0 atom stereocenters. The fourth-order valence-corrected chi connectivity index (χ4v) is 1.91. The van der Waals surface area contributed by atoms with E-state index in [-0.39, 0.29) is 5.78 Å². The van der Waals surface area contributed by atoms with E-state index in [1.165, 1.54) is 5.56 Å². The lowest BCUT2D eigenvalue weighted by molar-refractivity contribution is 0.104. The number of carbonyl (C=O) groups excluding carboxylic acids is 1. The van der Waals surface area contributed by atoms with Crippen molar-refractivity contribution in [3.8, 4) is 0 Å². The molecule has 0 fully saturated rings. The van der Waals surface area contributed by atoms with Crippen LogP contribution in [-0.4, -0.2) is 5.78 Å². The summed E-state index contributed by atoms with van der Waals surface area (Å²) in [6.07, 6.45) is 3.26. The third kappa shape index (κ3) is 3.58. The molecule has 2 aromatic rings. The van der Waals surface area contributed by atoms with Gasteiger partial charge in [0, 0.05) is 23.5 Å². The maximum Gasteiger partial charge on any atom is 0.187 e. The summed E-state index contributed by atoms with van der Waals surface area (Å²) in [5.41, 5.74) is 5.23. The Morgan fingerprint density at radius 2 is 1.60 bits per heavy atom. The lowest BCUT2D eigenvalue weighted by Gasteiger charge is -2.06. The van der Waals surface area contributed by atoms with Crippen molar-refractivity contribution in [1.82, 2.24) is 0 Å². The predicted octanol–water partition coefficient (Wildman–Crippen LogP) is 4.42. The maximum atomic E-state index is 12.0. The van der Waals surface area contributed by atoms with Gasteiger partial charge in [-0.2, -0.15) is 0 Å². The van der Waals surface area contributed by atoms with E-state index in [2.05, 4.69) is 23.5 Å². The third-order valence-corrected chi connectivity index (χ3v) is 3.20. The number of hydrogen-bond donors (Lipinski definition) is 1. The van der Waals surface area contributed by atoms with Gasteiger partial charge in [0.2, 0.25) is 0 Å². The molecule has 0 aliphatic heterocycles. The molecular weight excluding hydrogens is 246 g/mol. The van der Waals surface area contributed by atoms with Gasteiger partial charge in [0.25, 0.3) is 0 Å². The largest absolute Gasteiger partial charge is 0.361 e. The van der Waals surface area contributed by atoms with Crippen molar-refractivity contribution in [3.63, 3.8) is 0 Å². The summed E-state index contributed by atoms with van der Waals surface area (Å²) >= 11 is 0. The molecule has 20 heavy (non-hydrogen) atoms. The summed E-state index contributed by atoms with van der Waals surface area (Å²) < 4.78 is 0. The molecule has 0 aliphatic carbocycles. The summed E-state index contributed by atoms with van der Waals surface area (Å²) in [6.45, 7) is 6.09. The number of anilines is 1. The van der Waals surface area contributed by atoms with E-state index in [9.17, 15) is 4.79 Å². The minimum absolute atomic E-state index is 0.00260. The Morgan fingerprint density at radius 3 is 2.30 bits per heavy atom. The lowest BCUT2D eigenvalue weighted by atomic mass is 10.1. The number of carbonyl (C=O) groups is 1. The molecule has 0 saturated carbocycles. The smallest absolute Gasteiger partial charge is 0.187 e. The van der Waals surface area contributed by atoms with Crippen LogP contribution in [0.5, 0.6) is 0 Å². The van der Waals surface area contributed by atoms with Crippen LogP contribution in [-0.2, 0) is 0 Å². The summed E-state index contributed by atoms with van der Waals surface area (Å²) in [5.74, 6) is 0.00260. The molecule has 2 heteroatoms. The molecule has 102 valence electrons. The van der Waals surface area contributed by atoms with E-state index < -0.39 is 0 Å². The van der Waals surface area contributed by atoms with Gasteiger partial charge in [-0.3, -0.25) is 4.79 Å². The molecule has 0 radical (unpaired) electrons. The Kier molecular flexibility index (Phi) is 4.36. The summed E-state index contributed by atoms with van der Waals surface area (Å²) in [4.78, 5) is 12.0. The van der Waals surface area contributed by atoms with E-state index in [1.54, 1.807) is 12.3 Å². The number of nitrogens with one attached hydrogen (secondary N) is 1. The van der Waals surface area contributed by atoms with E-state index >= 15 is 0 Å². The Morgan fingerprint density at radius 1 is 0.950 bits per heavy atom. The van der Waals surface area contributed by atoms with Gasteiger partial charge in [-0.15, -0.1) is 0 Å². The molecular formula is C18H19NO. The van der Waals surface area contributed by atoms with Crippen molar-refractivity contribution in [2.24, 2.45) is 0 Å². The molecule has 0 amide bonds. The van der Waals surface area contributed by atoms with Gasteiger partial charge in [-0.1, -0.05) is 42.0 Å². The van der Waals surface area contributed by atoms with Crippen molar-refractivity contribution in [1.29, 1.82) is 0 Å². The molecule has 0 heterocycles. The first-order valence-electron chi connectivity index (χ1n) is 6.67. The predicted molar refractivity (Wildman–Crippen MR) is 84.2 cm³/mol. The van der Waals surface area contributed by atoms with Crippen LogP contribution in [0.2, 0.25) is 0 Å². The summed E-state index contributed by atoms with van der Waals surface area (Å²) in [7, 11) is 0. The number of aryl methyl sites for hydroxylation is 3. The highest BCUT2D eigenvalue weighted by Gasteiger charge is 2.00. The minimum Gasteiger partial charge on any atom is -0.361 e. The first-order valence-corrected chi connectivity index (χ1v) is 6.67. The van der Waals surface area contributed by atoms with E-state index in [0.717, 1.165) is 16.8 Å². The monoisotopic (exact) mass is 265 g/mol. The standard InChI is InChI=1S/C18H19NO/c1-13-5-8-16(9-6-13)18(20)10-11-19-17-12-14(2)4-7-15(17)3/h4-12,19H,1-3H3/b11-10+. The third-order valence-electron chi connectivity index (χ3n) is 3.20. The minimum atomic E-state index is 0.00260. The van der Waals surface area contributed by atoms with Gasteiger partial charge in [-0.25, -0.2) is 0 Å². The van der Waals surface area contributed by atoms with Gasteiger partial charge < -0.3 is 5.32 Å². The van der Waals surface area contributed by atoms with Crippen molar-refractivity contribution < 1.29 is 4.79 Å². The normalized spacial score (nSPS) is 10.8. The lowest BCUT2D eigenvalue weighted by Crippen LogP contribution is -1.97. The maximum absolute atomic E-state index is 12.0. The van der Waals surface area contributed by atoms with Crippen molar-refractivity contribution in [2.75, 3.05) is 5.32 Å². The molecule has 0 aliphatic rings. The number of ketones is 1. The van der Waals surface area contributed by atoms with Crippen LogP contribution in [0.15, 0.2) is 54.7 Å². The number of benzene rings is 2. The van der Waals surface area contributed by atoms with Crippen LogP contribution >= 0.6 is 0 Å². The molecule has 2 nitrogen and oxygen atoms in total. The second-order valence-corrected chi connectivity index (χ2v) is 5.03. The molecule has 0 bridgehead atoms. The second-order valence-electron chi connectivity index (χ2n) is 5.03. The Hall–Kier alpha value is -2.35. The fourth-order valence-electron chi connectivity index (χ4n) is 1.91. The molecule has 0 saturated heterocycles. The molecule has 0 aromatic heterocycles. The van der Waals surface area contributed by atoms with Crippen molar-refractivity contribution >= 4 is 11.5 Å². The summed E-state index contributed by atoms with van der Waals surface area (Å²) in [5, 5.41) is 3.16. The van der Waals surface area contributed by atoms with E-state index in [1.807, 2.05) is 45.0 Å².